The highest BCUT2D eigenvalue weighted by Gasteiger charge is 2.37. The van der Waals surface area contributed by atoms with Gasteiger partial charge in [0.25, 0.3) is 0 Å². The molecule has 0 aliphatic heterocycles. The van der Waals surface area contributed by atoms with E-state index in [-0.39, 0.29) is 0 Å². The number of hydrogen-bond acceptors (Lipinski definition) is 1. The Bertz CT molecular complexity index is 556. The van der Waals surface area contributed by atoms with Crippen molar-refractivity contribution in [1.82, 2.24) is 9.97 Å². The van der Waals surface area contributed by atoms with Gasteiger partial charge in [-0.15, -0.1) is 0 Å². The van der Waals surface area contributed by atoms with Gasteiger partial charge in [0.1, 0.15) is 5.82 Å². The van der Waals surface area contributed by atoms with Gasteiger partial charge in [0.2, 0.25) is 0 Å². The molecule has 1 aromatic heterocycles. The molecule has 0 bridgehead atoms. The number of aromatic amines is 1. The van der Waals surface area contributed by atoms with Crippen LogP contribution >= 0.6 is 11.6 Å². The van der Waals surface area contributed by atoms with E-state index in [9.17, 15) is 0 Å². The van der Waals surface area contributed by atoms with Crippen molar-refractivity contribution in [1.29, 1.82) is 0 Å². The molecule has 1 N–H and O–H groups in total. The zero-order valence-corrected chi connectivity index (χ0v) is 11.0. The summed E-state index contributed by atoms with van der Waals surface area (Å²) in [5, 5.41) is 0.762. The van der Waals surface area contributed by atoms with E-state index in [1.54, 1.807) is 0 Å². The van der Waals surface area contributed by atoms with Gasteiger partial charge in [0.05, 0.1) is 11.0 Å². The van der Waals surface area contributed by atoms with Crippen molar-refractivity contribution in [3.8, 4) is 0 Å². The van der Waals surface area contributed by atoms with Gasteiger partial charge < -0.3 is 4.98 Å². The van der Waals surface area contributed by atoms with E-state index in [4.69, 9.17) is 16.6 Å². The van der Waals surface area contributed by atoms with Crippen molar-refractivity contribution in [3.63, 3.8) is 0 Å². The highest BCUT2D eigenvalue weighted by atomic mass is 35.5. The van der Waals surface area contributed by atoms with Crippen LogP contribution in [0.15, 0.2) is 18.2 Å². The molecule has 0 radical (unpaired) electrons. The average molecular weight is 249 g/mol. The molecule has 1 fully saturated rings. The minimum absolute atomic E-state index is 0.359. The molecule has 1 unspecified atom stereocenters. The van der Waals surface area contributed by atoms with Crippen LogP contribution in [-0.2, 0) is 0 Å². The summed E-state index contributed by atoms with van der Waals surface area (Å²) in [6.45, 7) is 4.68. The Kier molecular flexibility index (Phi) is 2.44. The number of aromatic nitrogens is 2. The maximum atomic E-state index is 6.00. The third kappa shape index (κ3) is 1.85. The first-order chi connectivity index (χ1) is 8.06. The minimum Gasteiger partial charge on any atom is -0.342 e. The minimum atomic E-state index is 0.359. The maximum Gasteiger partial charge on any atom is 0.110 e. The molecule has 0 spiro atoms. The molecule has 1 aliphatic carbocycles. The highest BCUT2D eigenvalue weighted by molar-refractivity contribution is 6.31. The molecule has 3 heteroatoms. The summed E-state index contributed by atoms with van der Waals surface area (Å²) in [6.07, 6.45) is 3.82. The topological polar surface area (TPSA) is 28.7 Å². The standard InChI is InChI=1S/C14H17ClN2/c1-14(2)7-3-4-10(14)13-16-11-6-5-9(15)8-12(11)17-13/h5-6,8,10H,3-4,7H2,1-2H3,(H,16,17). The van der Waals surface area contributed by atoms with Crippen molar-refractivity contribution in [2.24, 2.45) is 5.41 Å². The Hall–Kier alpha value is -1.02. The van der Waals surface area contributed by atoms with E-state index < -0.39 is 0 Å². The number of benzene rings is 1. The van der Waals surface area contributed by atoms with Crippen LogP contribution in [-0.4, -0.2) is 9.97 Å². The van der Waals surface area contributed by atoms with Crippen molar-refractivity contribution in [3.05, 3.63) is 29.0 Å². The number of imidazole rings is 1. The lowest BCUT2D eigenvalue weighted by molar-refractivity contribution is 0.324. The Morgan fingerprint density at radius 3 is 2.94 bits per heavy atom. The number of halogens is 1. The molecule has 90 valence electrons. The van der Waals surface area contributed by atoms with Gasteiger partial charge in [-0.2, -0.15) is 0 Å². The van der Waals surface area contributed by atoms with Crippen LogP contribution in [0.4, 0.5) is 0 Å². The van der Waals surface area contributed by atoms with Crippen LogP contribution in [0, 0.1) is 5.41 Å². The van der Waals surface area contributed by atoms with E-state index in [0.717, 1.165) is 21.9 Å². The third-order valence-corrected chi connectivity index (χ3v) is 4.28. The summed E-state index contributed by atoms with van der Waals surface area (Å²) in [6, 6.07) is 5.84. The molecule has 17 heavy (non-hydrogen) atoms. The number of hydrogen-bond donors (Lipinski definition) is 1. The number of nitrogens with one attached hydrogen (secondary N) is 1. The Morgan fingerprint density at radius 1 is 1.41 bits per heavy atom. The molecule has 1 heterocycles. The Labute approximate surface area is 106 Å². The summed E-state index contributed by atoms with van der Waals surface area (Å²) < 4.78 is 0. The van der Waals surface area contributed by atoms with Gasteiger partial charge in [-0.25, -0.2) is 4.98 Å². The summed E-state index contributed by atoms with van der Waals surface area (Å²) >= 11 is 6.00. The molecule has 0 saturated heterocycles. The Morgan fingerprint density at radius 2 is 2.24 bits per heavy atom. The van der Waals surface area contributed by atoms with Crippen molar-refractivity contribution in [2.75, 3.05) is 0 Å². The van der Waals surface area contributed by atoms with E-state index >= 15 is 0 Å². The molecule has 1 atom stereocenters. The van der Waals surface area contributed by atoms with Crippen molar-refractivity contribution < 1.29 is 0 Å². The highest BCUT2D eigenvalue weighted by Crippen LogP contribution is 2.48. The Balaban J connectivity index is 2.06. The second-order valence-corrected chi connectivity index (χ2v) is 6.15. The number of rotatable bonds is 1. The van der Waals surface area contributed by atoms with Crippen molar-refractivity contribution >= 4 is 22.6 Å². The molecule has 1 aliphatic rings. The van der Waals surface area contributed by atoms with Crippen LogP contribution in [0.3, 0.4) is 0 Å². The normalized spacial score (nSPS) is 23.4. The van der Waals surface area contributed by atoms with E-state index in [0.29, 0.717) is 11.3 Å². The number of nitrogens with zero attached hydrogens (tertiary/aromatic N) is 1. The smallest absolute Gasteiger partial charge is 0.110 e. The van der Waals surface area contributed by atoms with Gasteiger partial charge in [0.15, 0.2) is 0 Å². The van der Waals surface area contributed by atoms with Gasteiger partial charge in [-0.05, 0) is 36.5 Å². The quantitative estimate of drug-likeness (QED) is 0.790. The van der Waals surface area contributed by atoms with Gasteiger partial charge >= 0.3 is 0 Å². The van der Waals surface area contributed by atoms with Crippen LogP contribution in [0.25, 0.3) is 11.0 Å². The predicted molar refractivity (Wildman–Crippen MR) is 71.5 cm³/mol. The van der Waals surface area contributed by atoms with Crippen LogP contribution < -0.4 is 0 Å². The van der Waals surface area contributed by atoms with Crippen LogP contribution in [0.1, 0.15) is 44.9 Å². The zero-order chi connectivity index (χ0) is 12.0. The largest absolute Gasteiger partial charge is 0.342 e. The first-order valence-corrected chi connectivity index (χ1v) is 6.59. The lowest BCUT2D eigenvalue weighted by atomic mass is 9.81. The van der Waals surface area contributed by atoms with E-state index in [2.05, 4.69) is 18.8 Å². The summed E-state index contributed by atoms with van der Waals surface area (Å²) in [7, 11) is 0. The molecule has 1 aromatic carbocycles. The fourth-order valence-corrected chi connectivity index (χ4v) is 3.17. The molecular weight excluding hydrogens is 232 g/mol. The number of H-pyrrole nitrogens is 1. The molecule has 3 rings (SSSR count). The molecule has 0 amide bonds. The second kappa shape index (κ2) is 3.74. The lowest BCUT2D eigenvalue weighted by Gasteiger charge is -2.24. The predicted octanol–water partition coefficient (Wildman–Crippen LogP) is 4.51. The van der Waals surface area contributed by atoms with Gasteiger partial charge in [-0.1, -0.05) is 31.9 Å². The fraction of sp³-hybridized carbons (Fsp3) is 0.500. The summed E-state index contributed by atoms with van der Waals surface area (Å²) in [4.78, 5) is 8.16. The van der Waals surface area contributed by atoms with E-state index in [1.165, 1.54) is 19.3 Å². The van der Waals surface area contributed by atoms with E-state index in [1.807, 2.05) is 18.2 Å². The van der Waals surface area contributed by atoms with Gasteiger partial charge in [-0.3, -0.25) is 0 Å². The van der Waals surface area contributed by atoms with Gasteiger partial charge in [0, 0.05) is 10.9 Å². The third-order valence-electron chi connectivity index (χ3n) is 4.05. The average Bonchev–Trinajstić information content (AvgIpc) is 2.79. The van der Waals surface area contributed by atoms with Crippen LogP contribution in [0.2, 0.25) is 5.02 Å². The van der Waals surface area contributed by atoms with Crippen LogP contribution in [0.5, 0.6) is 0 Å². The second-order valence-electron chi connectivity index (χ2n) is 5.72. The first kappa shape index (κ1) is 11.1. The molecule has 1 saturated carbocycles. The van der Waals surface area contributed by atoms with Crippen molar-refractivity contribution in [2.45, 2.75) is 39.0 Å². The fourth-order valence-electron chi connectivity index (χ4n) is 3.00. The summed E-state index contributed by atoms with van der Waals surface area (Å²) in [5.41, 5.74) is 2.43. The first-order valence-electron chi connectivity index (χ1n) is 6.21. The maximum absolute atomic E-state index is 6.00. The SMILES string of the molecule is CC1(C)CCCC1c1nc2ccc(Cl)cc2[nH]1. The zero-order valence-electron chi connectivity index (χ0n) is 10.3. The molecular formula is C14H17ClN2. The summed E-state index contributed by atoms with van der Waals surface area (Å²) in [5.74, 6) is 1.68. The molecule has 2 nitrogen and oxygen atoms in total. The monoisotopic (exact) mass is 248 g/mol. The molecule has 2 aromatic rings. The number of fused-ring (bicyclic) bond motifs is 1. The lowest BCUT2D eigenvalue weighted by Crippen LogP contribution is -2.16.